The summed E-state index contributed by atoms with van der Waals surface area (Å²) >= 11 is 0. The van der Waals surface area contributed by atoms with Crippen LogP contribution < -0.4 is 19.7 Å². The number of rotatable bonds is 10. The quantitative estimate of drug-likeness (QED) is 0.416. The molecule has 2 N–H and O–H groups in total. The van der Waals surface area contributed by atoms with E-state index in [1.165, 1.54) is 0 Å². The van der Waals surface area contributed by atoms with Crippen molar-refractivity contribution < 1.29 is 17.9 Å². The van der Waals surface area contributed by atoms with Gasteiger partial charge in [0.25, 0.3) is 0 Å². The van der Waals surface area contributed by atoms with Gasteiger partial charge in [-0.2, -0.15) is 0 Å². The first-order chi connectivity index (χ1) is 16.2. The third kappa shape index (κ3) is 6.71. The molecule has 3 aromatic carbocycles. The zero-order valence-electron chi connectivity index (χ0n) is 20.1. The highest BCUT2D eigenvalue weighted by Gasteiger charge is 2.17. The van der Waals surface area contributed by atoms with Crippen LogP contribution in [0.15, 0.2) is 66.7 Å². The van der Waals surface area contributed by atoms with E-state index < -0.39 is 15.3 Å². The van der Waals surface area contributed by atoms with E-state index >= 15 is 0 Å². The number of hydrogen-bond acceptors (Lipinski definition) is 4. The zero-order chi connectivity index (χ0) is 24.7. The van der Waals surface area contributed by atoms with Gasteiger partial charge in [0.15, 0.2) is 0 Å². The fraction of sp³-hybridized carbons (Fsp3) is 0.346. The maximum absolute atomic E-state index is 12.3. The summed E-state index contributed by atoms with van der Waals surface area (Å²) in [6.07, 6.45) is 0. The number of ether oxygens (including phenoxy) is 1. The monoisotopic (exact) mass is 483 g/mol. The third-order valence-electron chi connectivity index (χ3n) is 5.71. The molecule has 0 saturated heterocycles. The average Bonchev–Trinajstić information content (AvgIpc) is 2.84. The molecular weight excluding hydrogens is 450 g/mol. The summed E-state index contributed by atoms with van der Waals surface area (Å²) in [5.41, 5.74) is 1.89. The van der Waals surface area contributed by atoms with E-state index in [0.29, 0.717) is 19.7 Å². The van der Waals surface area contributed by atoms with Gasteiger partial charge in [0, 0.05) is 19.3 Å². The Kier molecular flexibility index (Phi) is 8.52. The highest BCUT2D eigenvalue weighted by atomic mass is 32.2. The van der Waals surface area contributed by atoms with E-state index in [1.54, 1.807) is 25.8 Å². The molecular formula is C26H33N3O4S. The van der Waals surface area contributed by atoms with Gasteiger partial charge in [-0.05, 0) is 60.4 Å². The largest absolute Gasteiger partial charge is 0.492 e. The number of urea groups is 1. The number of fused-ring (bicyclic) bond motifs is 1. The maximum atomic E-state index is 12.3. The Labute approximate surface area is 202 Å². The van der Waals surface area contributed by atoms with E-state index in [0.717, 1.165) is 27.8 Å². The van der Waals surface area contributed by atoms with Gasteiger partial charge in [-0.3, -0.25) is 4.90 Å². The number of amides is 2. The maximum Gasteiger partial charge on any atom is 0.321 e. The number of para-hydroxylation sites is 1. The fourth-order valence-electron chi connectivity index (χ4n) is 3.38. The normalized spacial score (nSPS) is 12.5. The van der Waals surface area contributed by atoms with Crippen LogP contribution in [0.1, 0.15) is 32.3 Å². The molecule has 3 aromatic rings. The van der Waals surface area contributed by atoms with Crippen molar-refractivity contribution in [2.24, 2.45) is 0 Å². The molecule has 0 aliphatic heterocycles. The fourth-order valence-corrected chi connectivity index (χ4v) is 4.19. The number of carbonyl (C=O) groups excluding carboxylic acids is 1. The van der Waals surface area contributed by atoms with Crippen molar-refractivity contribution in [1.82, 2.24) is 10.0 Å². The summed E-state index contributed by atoms with van der Waals surface area (Å²) < 4.78 is 32.5. The molecule has 0 aliphatic rings. The molecule has 1 atom stereocenters. The Morgan fingerprint density at radius 3 is 2.35 bits per heavy atom. The first kappa shape index (κ1) is 25.5. The Hall–Kier alpha value is -3.10. The van der Waals surface area contributed by atoms with Crippen LogP contribution >= 0.6 is 0 Å². The van der Waals surface area contributed by atoms with Crippen molar-refractivity contribution in [3.05, 3.63) is 72.3 Å². The Bertz CT molecular complexity index is 1210. The lowest BCUT2D eigenvalue weighted by Crippen LogP contribution is -2.39. The number of nitrogens with zero attached hydrogens (tertiary/aromatic N) is 1. The number of sulfonamides is 1. The minimum absolute atomic E-state index is 0.0477. The number of hydrogen-bond donors (Lipinski definition) is 2. The minimum Gasteiger partial charge on any atom is -0.492 e. The Morgan fingerprint density at radius 2 is 1.65 bits per heavy atom. The lowest BCUT2D eigenvalue weighted by Gasteiger charge is -2.18. The van der Waals surface area contributed by atoms with Gasteiger partial charge < -0.3 is 10.1 Å². The molecule has 8 heteroatoms. The molecule has 0 heterocycles. The topological polar surface area (TPSA) is 87.7 Å². The second-order valence-corrected chi connectivity index (χ2v) is 10.9. The summed E-state index contributed by atoms with van der Waals surface area (Å²) in [6, 6.07) is 21.2. The van der Waals surface area contributed by atoms with Crippen LogP contribution in [0, 0.1) is 0 Å². The summed E-state index contributed by atoms with van der Waals surface area (Å²) in [5.74, 6) is 0.773. The summed E-state index contributed by atoms with van der Waals surface area (Å²) in [7, 11) is -1.55. The predicted molar refractivity (Wildman–Crippen MR) is 138 cm³/mol. The van der Waals surface area contributed by atoms with Gasteiger partial charge in [0.2, 0.25) is 10.0 Å². The second-order valence-electron chi connectivity index (χ2n) is 8.59. The SMILES string of the molecule is CC(CNS(=O)(=O)C(C)C)c1ccc2cc(OCCNC(=O)N(C)c3ccccc3)ccc2c1. The van der Waals surface area contributed by atoms with Crippen molar-refractivity contribution in [1.29, 1.82) is 0 Å². The van der Waals surface area contributed by atoms with Crippen LogP contribution in [0.25, 0.3) is 10.8 Å². The Balaban J connectivity index is 1.52. The van der Waals surface area contributed by atoms with Crippen molar-refractivity contribution in [3.63, 3.8) is 0 Å². The summed E-state index contributed by atoms with van der Waals surface area (Å²) in [4.78, 5) is 13.8. The minimum atomic E-state index is -3.28. The van der Waals surface area contributed by atoms with E-state index in [2.05, 4.69) is 16.1 Å². The zero-order valence-corrected chi connectivity index (χ0v) is 20.9. The Morgan fingerprint density at radius 1 is 0.971 bits per heavy atom. The van der Waals surface area contributed by atoms with Gasteiger partial charge in [0.05, 0.1) is 11.8 Å². The highest BCUT2D eigenvalue weighted by Crippen LogP contribution is 2.25. The van der Waals surface area contributed by atoms with Crippen LogP contribution in [0.2, 0.25) is 0 Å². The predicted octanol–water partition coefficient (Wildman–Crippen LogP) is 4.50. The molecule has 0 spiro atoms. The van der Waals surface area contributed by atoms with Crippen LogP contribution in [-0.2, 0) is 10.0 Å². The lowest BCUT2D eigenvalue weighted by molar-refractivity contribution is 0.243. The molecule has 0 bridgehead atoms. The van der Waals surface area contributed by atoms with E-state index in [9.17, 15) is 13.2 Å². The molecule has 0 aromatic heterocycles. The van der Waals surface area contributed by atoms with Crippen molar-refractivity contribution in [2.75, 3.05) is 31.6 Å². The molecule has 0 saturated carbocycles. The highest BCUT2D eigenvalue weighted by molar-refractivity contribution is 7.90. The number of carbonyl (C=O) groups is 1. The van der Waals surface area contributed by atoms with Crippen molar-refractivity contribution in [3.8, 4) is 5.75 Å². The van der Waals surface area contributed by atoms with Gasteiger partial charge in [0.1, 0.15) is 12.4 Å². The summed E-state index contributed by atoms with van der Waals surface area (Å²) in [5, 5.41) is 4.49. The molecule has 0 fully saturated rings. The van der Waals surface area contributed by atoms with E-state index in [1.807, 2.05) is 67.6 Å². The average molecular weight is 484 g/mol. The van der Waals surface area contributed by atoms with E-state index in [-0.39, 0.29) is 11.9 Å². The number of benzene rings is 3. The first-order valence-electron chi connectivity index (χ1n) is 11.4. The molecule has 2 amide bonds. The van der Waals surface area contributed by atoms with Crippen LogP contribution in [0.5, 0.6) is 5.75 Å². The van der Waals surface area contributed by atoms with E-state index in [4.69, 9.17) is 4.74 Å². The third-order valence-corrected chi connectivity index (χ3v) is 7.52. The van der Waals surface area contributed by atoms with Crippen LogP contribution in [0.4, 0.5) is 10.5 Å². The van der Waals surface area contributed by atoms with Gasteiger partial charge >= 0.3 is 6.03 Å². The second kappa shape index (κ2) is 11.4. The molecule has 1 unspecified atom stereocenters. The molecule has 0 radical (unpaired) electrons. The molecule has 7 nitrogen and oxygen atoms in total. The smallest absolute Gasteiger partial charge is 0.321 e. The molecule has 0 aliphatic carbocycles. The summed E-state index contributed by atoms with van der Waals surface area (Å²) in [6.45, 7) is 6.44. The van der Waals surface area contributed by atoms with Gasteiger partial charge in [-0.25, -0.2) is 17.9 Å². The first-order valence-corrected chi connectivity index (χ1v) is 12.9. The number of anilines is 1. The standard InChI is InChI=1S/C26H33N3O4S/c1-19(2)34(31,32)28-18-20(3)21-10-11-23-17-25(13-12-22(23)16-21)33-15-14-27-26(30)29(4)24-8-6-5-7-9-24/h5-13,16-17,19-20,28H,14-15,18H2,1-4H3,(H,27,30). The van der Waals surface area contributed by atoms with Crippen molar-refractivity contribution in [2.45, 2.75) is 31.9 Å². The number of nitrogens with one attached hydrogen (secondary N) is 2. The van der Waals surface area contributed by atoms with Gasteiger partial charge in [-0.15, -0.1) is 0 Å². The van der Waals surface area contributed by atoms with Crippen LogP contribution in [0.3, 0.4) is 0 Å². The lowest BCUT2D eigenvalue weighted by atomic mass is 9.98. The molecule has 34 heavy (non-hydrogen) atoms. The van der Waals surface area contributed by atoms with Crippen LogP contribution in [-0.4, -0.2) is 46.4 Å². The molecule has 182 valence electrons. The van der Waals surface area contributed by atoms with Crippen molar-refractivity contribution >= 4 is 32.5 Å². The molecule has 3 rings (SSSR count). The van der Waals surface area contributed by atoms with Gasteiger partial charge in [-0.1, -0.05) is 49.4 Å².